The lowest BCUT2D eigenvalue weighted by atomic mass is 10.0. The summed E-state index contributed by atoms with van der Waals surface area (Å²) < 4.78 is 10.8. The van der Waals surface area contributed by atoms with Crippen LogP contribution in [0.3, 0.4) is 0 Å². The summed E-state index contributed by atoms with van der Waals surface area (Å²) in [5, 5.41) is 4.30. The monoisotopic (exact) mass is 323 g/mol. The lowest BCUT2D eigenvalue weighted by molar-refractivity contribution is 0.0460. The lowest BCUT2D eigenvalue weighted by Gasteiger charge is -2.37. The molecule has 0 aliphatic carbocycles. The molecule has 0 radical (unpaired) electrons. The molecule has 2 aromatic rings. The molecule has 3 heterocycles. The van der Waals surface area contributed by atoms with Gasteiger partial charge in [0.2, 0.25) is 11.8 Å². The van der Waals surface area contributed by atoms with Crippen molar-refractivity contribution in [1.82, 2.24) is 25.0 Å². The zero-order valence-electron chi connectivity index (χ0n) is 12.6. The van der Waals surface area contributed by atoms with Crippen LogP contribution in [0, 0.1) is 5.92 Å². The van der Waals surface area contributed by atoms with Crippen molar-refractivity contribution in [3.8, 4) is 5.88 Å². The quantitative estimate of drug-likeness (QED) is 0.806. The summed E-state index contributed by atoms with van der Waals surface area (Å²) in [4.78, 5) is 14.6. The molecule has 0 spiro atoms. The number of ether oxygens (including phenoxy) is 1. The van der Waals surface area contributed by atoms with Gasteiger partial charge in [0.05, 0.1) is 25.5 Å². The Bertz CT molecular complexity index is 627. The van der Waals surface area contributed by atoms with Crippen molar-refractivity contribution in [1.29, 1.82) is 0 Å². The van der Waals surface area contributed by atoms with Gasteiger partial charge >= 0.3 is 0 Å². The van der Waals surface area contributed by atoms with Crippen LogP contribution >= 0.6 is 11.6 Å². The molecular formula is C14H18ClN5O2. The molecule has 1 fully saturated rings. The van der Waals surface area contributed by atoms with E-state index in [1.165, 1.54) is 6.20 Å². The Kier molecular flexibility index (Phi) is 4.54. The molecule has 3 rings (SSSR count). The van der Waals surface area contributed by atoms with Crippen molar-refractivity contribution in [2.45, 2.75) is 26.3 Å². The summed E-state index contributed by atoms with van der Waals surface area (Å²) in [7, 11) is 0. The van der Waals surface area contributed by atoms with Crippen LogP contribution < -0.4 is 4.74 Å². The van der Waals surface area contributed by atoms with Gasteiger partial charge in [-0.05, 0) is 0 Å². The second kappa shape index (κ2) is 6.58. The fourth-order valence-corrected chi connectivity index (χ4v) is 2.41. The summed E-state index contributed by atoms with van der Waals surface area (Å²) in [6.45, 7) is 7.26. The topological polar surface area (TPSA) is 77.2 Å². The first-order valence-electron chi connectivity index (χ1n) is 7.25. The van der Waals surface area contributed by atoms with Gasteiger partial charge in [-0.2, -0.15) is 9.97 Å². The highest BCUT2D eigenvalue weighted by atomic mass is 35.5. The third-order valence-electron chi connectivity index (χ3n) is 3.44. The molecule has 0 aromatic carbocycles. The number of aromatic nitrogens is 4. The maximum Gasteiger partial charge on any atom is 0.240 e. The molecule has 1 aliphatic heterocycles. The van der Waals surface area contributed by atoms with E-state index in [1.54, 1.807) is 6.20 Å². The van der Waals surface area contributed by atoms with Crippen LogP contribution in [0.25, 0.3) is 0 Å². The number of likely N-dealkylation sites (tertiary alicyclic amines) is 1. The van der Waals surface area contributed by atoms with Crippen molar-refractivity contribution < 1.29 is 9.26 Å². The predicted octanol–water partition coefficient (Wildman–Crippen LogP) is 2.15. The third-order valence-corrected chi connectivity index (χ3v) is 3.62. The number of hydrogen-bond donors (Lipinski definition) is 0. The standard InChI is InChI=1S/C14H18ClN5O2/c1-9(2)14-18-13(22-19-14)7-20-5-10(6-20)8-21-12-4-16-3-11(15)17-12/h3-4,9-10H,5-8H2,1-2H3. The highest BCUT2D eigenvalue weighted by Crippen LogP contribution is 2.20. The summed E-state index contributed by atoms with van der Waals surface area (Å²) in [6, 6.07) is 0. The van der Waals surface area contributed by atoms with E-state index in [1.807, 2.05) is 13.8 Å². The second-order valence-electron chi connectivity index (χ2n) is 5.75. The largest absolute Gasteiger partial charge is 0.476 e. The zero-order chi connectivity index (χ0) is 15.5. The highest BCUT2D eigenvalue weighted by Gasteiger charge is 2.29. The number of hydrogen-bond acceptors (Lipinski definition) is 7. The fourth-order valence-electron chi connectivity index (χ4n) is 2.27. The minimum absolute atomic E-state index is 0.286. The van der Waals surface area contributed by atoms with Gasteiger partial charge in [-0.1, -0.05) is 30.6 Å². The molecule has 2 aromatic heterocycles. The Morgan fingerprint density at radius 1 is 1.36 bits per heavy atom. The fraction of sp³-hybridized carbons (Fsp3) is 0.571. The first-order valence-corrected chi connectivity index (χ1v) is 7.63. The van der Waals surface area contributed by atoms with E-state index in [0.717, 1.165) is 18.9 Å². The van der Waals surface area contributed by atoms with E-state index in [-0.39, 0.29) is 5.92 Å². The van der Waals surface area contributed by atoms with Crippen molar-refractivity contribution >= 4 is 11.6 Å². The first kappa shape index (κ1) is 15.2. The minimum Gasteiger partial charge on any atom is -0.476 e. The second-order valence-corrected chi connectivity index (χ2v) is 6.14. The Balaban J connectivity index is 1.40. The Morgan fingerprint density at radius 2 is 2.18 bits per heavy atom. The van der Waals surface area contributed by atoms with Gasteiger partial charge in [0.1, 0.15) is 0 Å². The molecular weight excluding hydrogens is 306 g/mol. The Labute approximate surface area is 133 Å². The Hall–Kier alpha value is -1.73. The van der Waals surface area contributed by atoms with E-state index in [2.05, 4.69) is 25.0 Å². The lowest BCUT2D eigenvalue weighted by Crippen LogP contribution is -2.48. The van der Waals surface area contributed by atoms with Gasteiger partial charge in [0.25, 0.3) is 0 Å². The number of rotatable bonds is 6. The molecule has 8 heteroatoms. The first-order chi connectivity index (χ1) is 10.6. The van der Waals surface area contributed by atoms with Crippen LogP contribution in [0.2, 0.25) is 5.15 Å². The molecule has 118 valence electrons. The van der Waals surface area contributed by atoms with E-state index >= 15 is 0 Å². The third kappa shape index (κ3) is 3.72. The molecule has 22 heavy (non-hydrogen) atoms. The van der Waals surface area contributed by atoms with E-state index < -0.39 is 0 Å². The van der Waals surface area contributed by atoms with Gasteiger partial charge < -0.3 is 9.26 Å². The average Bonchev–Trinajstić information content (AvgIpc) is 2.90. The van der Waals surface area contributed by atoms with Crippen LogP contribution in [-0.2, 0) is 6.54 Å². The zero-order valence-corrected chi connectivity index (χ0v) is 13.3. The maximum atomic E-state index is 5.76. The molecule has 0 amide bonds. The summed E-state index contributed by atoms with van der Waals surface area (Å²) in [6.07, 6.45) is 3.05. The van der Waals surface area contributed by atoms with E-state index in [9.17, 15) is 0 Å². The van der Waals surface area contributed by atoms with Crippen LogP contribution in [0.15, 0.2) is 16.9 Å². The molecule has 1 aliphatic rings. The number of halogens is 1. The minimum atomic E-state index is 0.286. The number of nitrogens with zero attached hydrogens (tertiary/aromatic N) is 5. The van der Waals surface area contributed by atoms with Gasteiger partial charge in [0, 0.05) is 24.9 Å². The van der Waals surface area contributed by atoms with Crippen molar-refractivity contribution in [2.24, 2.45) is 5.92 Å². The molecule has 0 unspecified atom stereocenters. The van der Waals surface area contributed by atoms with Gasteiger partial charge in [-0.15, -0.1) is 0 Å². The Morgan fingerprint density at radius 3 is 2.86 bits per heavy atom. The predicted molar refractivity (Wildman–Crippen MR) is 79.7 cm³/mol. The van der Waals surface area contributed by atoms with Crippen LogP contribution in [-0.4, -0.2) is 44.7 Å². The molecule has 7 nitrogen and oxygen atoms in total. The average molecular weight is 324 g/mol. The van der Waals surface area contributed by atoms with Gasteiger partial charge in [-0.3, -0.25) is 9.88 Å². The summed E-state index contributed by atoms with van der Waals surface area (Å²) in [5.74, 6) is 2.64. The molecule has 0 atom stereocenters. The summed E-state index contributed by atoms with van der Waals surface area (Å²) >= 11 is 5.76. The SMILES string of the molecule is CC(C)c1noc(CN2CC(COc3cncc(Cl)n3)C2)n1. The van der Waals surface area contributed by atoms with Crippen LogP contribution in [0.4, 0.5) is 0 Å². The maximum absolute atomic E-state index is 5.76. The van der Waals surface area contributed by atoms with E-state index in [0.29, 0.717) is 36.0 Å². The smallest absolute Gasteiger partial charge is 0.240 e. The van der Waals surface area contributed by atoms with E-state index in [4.69, 9.17) is 20.9 Å². The van der Waals surface area contributed by atoms with Gasteiger partial charge in [-0.25, -0.2) is 0 Å². The molecule has 0 bridgehead atoms. The van der Waals surface area contributed by atoms with Crippen molar-refractivity contribution in [3.05, 3.63) is 29.3 Å². The molecule has 1 saturated heterocycles. The van der Waals surface area contributed by atoms with Crippen LogP contribution in [0.5, 0.6) is 5.88 Å². The van der Waals surface area contributed by atoms with Crippen molar-refractivity contribution in [3.63, 3.8) is 0 Å². The highest BCUT2D eigenvalue weighted by molar-refractivity contribution is 6.29. The van der Waals surface area contributed by atoms with Gasteiger partial charge in [0.15, 0.2) is 11.0 Å². The van der Waals surface area contributed by atoms with Crippen LogP contribution in [0.1, 0.15) is 31.5 Å². The molecule has 0 saturated carbocycles. The van der Waals surface area contributed by atoms with Crippen molar-refractivity contribution in [2.75, 3.05) is 19.7 Å². The summed E-state index contributed by atoms with van der Waals surface area (Å²) in [5.41, 5.74) is 0. The normalized spacial score (nSPS) is 16.0. The molecule has 0 N–H and O–H groups in total.